The molecule has 3 saturated heterocycles. The molecule has 11 nitrogen and oxygen atoms in total. The number of aliphatic hydroxyl groups excluding tert-OH is 1. The summed E-state index contributed by atoms with van der Waals surface area (Å²) in [6, 6.07) is 6.58. The number of esters is 1. The van der Waals surface area contributed by atoms with Crippen LogP contribution in [-0.2, 0) is 33.4 Å². The summed E-state index contributed by atoms with van der Waals surface area (Å²) in [5, 5.41) is 13.2. The van der Waals surface area contributed by atoms with Gasteiger partial charge in [0.15, 0.2) is 0 Å². The number of methoxy groups -OCH3 is 1. The third kappa shape index (κ3) is 7.56. The molecule has 0 aliphatic carbocycles. The topological polar surface area (TPSA) is 135 Å². The van der Waals surface area contributed by atoms with Crippen LogP contribution in [0.25, 0.3) is 0 Å². The van der Waals surface area contributed by atoms with Gasteiger partial charge in [0.2, 0.25) is 17.7 Å². The molecule has 2 bridgehead atoms. The Morgan fingerprint density at radius 3 is 2.58 bits per heavy atom. The maximum Gasteiger partial charge on any atom is 0.313 e. The van der Waals surface area contributed by atoms with E-state index in [1.54, 1.807) is 36.1 Å². The van der Waals surface area contributed by atoms with E-state index in [0.717, 1.165) is 19.3 Å². The quantitative estimate of drug-likeness (QED) is 0.0953. The van der Waals surface area contributed by atoms with Gasteiger partial charge in [-0.3, -0.25) is 19.2 Å². The molecule has 4 rings (SSSR count). The van der Waals surface area contributed by atoms with E-state index in [1.807, 2.05) is 18.2 Å². The van der Waals surface area contributed by atoms with E-state index in [1.165, 1.54) is 12.0 Å². The predicted molar refractivity (Wildman–Crippen MR) is 184 cm³/mol. The lowest BCUT2D eigenvalue weighted by molar-refractivity contribution is -0.163. The highest BCUT2D eigenvalue weighted by atomic mass is 79.9. The first kappa shape index (κ1) is 37.8. The number of unbranched alkanes of at least 4 members (excludes halogenated alkanes) is 2. The summed E-state index contributed by atoms with van der Waals surface area (Å²) in [5.41, 5.74) is -0.670. The van der Waals surface area contributed by atoms with E-state index in [9.17, 15) is 24.3 Å². The molecule has 0 saturated carbocycles. The van der Waals surface area contributed by atoms with Crippen molar-refractivity contribution in [1.82, 2.24) is 15.1 Å². The minimum absolute atomic E-state index is 0.0557. The smallest absolute Gasteiger partial charge is 0.313 e. The van der Waals surface area contributed by atoms with Crippen molar-refractivity contribution in [2.75, 3.05) is 33.4 Å². The van der Waals surface area contributed by atoms with Gasteiger partial charge in [-0.15, -0.1) is 13.2 Å². The molecule has 1 unspecified atom stereocenters. The zero-order valence-electron chi connectivity index (χ0n) is 28.2. The average Bonchev–Trinajstić information content (AvgIpc) is 3.68. The Bertz CT molecular complexity index is 1310. The summed E-state index contributed by atoms with van der Waals surface area (Å²) in [5.74, 6) is -3.68. The van der Waals surface area contributed by atoms with Crippen LogP contribution in [0.3, 0.4) is 0 Å². The van der Waals surface area contributed by atoms with Gasteiger partial charge in [-0.05, 0) is 31.7 Å². The normalized spacial score (nSPS) is 27.6. The number of alkyl halides is 1. The second-order valence-corrected chi connectivity index (χ2v) is 14.1. The second-order valence-electron chi connectivity index (χ2n) is 12.9. The van der Waals surface area contributed by atoms with Crippen molar-refractivity contribution in [2.24, 2.45) is 11.8 Å². The number of allylic oxidation sites excluding steroid dienone is 1. The molecule has 1 spiro atoms. The molecule has 9 atom stereocenters. The highest BCUT2D eigenvalue weighted by Crippen LogP contribution is 2.61. The summed E-state index contributed by atoms with van der Waals surface area (Å²) in [6.07, 6.45) is 5.34. The van der Waals surface area contributed by atoms with Crippen LogP contribution in [0.1, 0.15) is 64.0 Å². The van der Waals surface area contributed by atoms with Gasteiger partial charge >= 0.3 is 5.97 Å². The molecule has 3 aliphatic rings. The number of aliphatic hydroxyl groups is 1. The van der Waals surface area contributed by atoms with E-state index in [-0.39, 0.29) is 36.3 Å². The van der Waals surface area contributed by atoms with Crippen LogP contribution in [0.4, 0.5) is 0 Å². The molecule has 48 heavy (non-hydrogen) atoms. The Balaban J connectivity index is 1.71. The molecular formula is C36H50BrN3O8. The minimum Gasteiger partial charge on any atom is -0.455 e. The van der Waals surface area contributed by atoms with Gasteiger partial charge in [0.1, 0.15) is 17.7 Å². The Labute approximate surface area is 292 Å². The van der Waals surface area contributed by atoms with Gasteiger partial charge in [0.25, 0.3) is 0 Å². The molecule has 3 aliphatic heterocycles. The molecule has 0 radical (unpaired) electrons. The monoisotopic (exact) mass is 731 g/mol. The highest BCUT2D eigenvalue weighted by molar-refractivity contribution is 9.09. The van der Waals surface area contributed by atoms with Crippen molar-refractivity contribution >= 4 is 39.6 Å². The molecular weight excluding hydrogens is 682 g/mol. The number of carbonyl (C=O) groups excluding carboxylic acids is 4. The van der Waals surface area contributed by atoms with Crippen LogP contribution in [0.2, 0.25) is 0 Å². The third-order valence-corrected chi connectivity index (χ3v) is 10.5. The zero-order chi connectivity index (χ0) is 35.0. The van der Waals surface area contributed by atoms with Crippen LogP contribution in [0.5, 0.6) is 0 Å². The van der Waals surface area contributed by atoms with Crippen LogP contribution in [0.15, 0.2) is 55.6 Å². The van der Waals surface area contributed by atoms with Gasteiger partial charge < -0.3 is 34.4 Å². The van der Waals surface area contributed by atoms with E-state index in [4.69, 9.17) is 14.2 Å². The van der Waals surface area contributed by atoms with Gasteiger partial charge in [0, 0.05) is 31.4 Å². The minimum atomic E-state index is -1.31. The summed E-state index contributed by atoms with van der Waals surface area (Å²) in [6.45, 7) is 11.8. The van der Waals surface area contributed by atoms with E-state index >= 15 is 0 Å². The van der Waals surface area contributed by atoms with Crippen molar-refractivity contribution in [2.45, 2.75) is 93.1 Å². The average molecular weight is 733 g/mol. The third-order valence-electron chi connectivity index (χ3n) is 9.67. The van der Waals surface area contributed by atoms with Crippen molar-refractivity contribution in [3.05, 3.63) is 61.2 Å². The number of likely N-dealkylation sites (tertiary alicyclic amines) is 1. The van der Waals surface area contributed by atoms with Crippen molar-refractivity contribution in [3.63, 3.8) is 0 Å². The van der Waals surface area contributed by atoms with E-state index in [0.29, 0.717) is 31.5 Å². The molecule has 12 heteroatoms. The first-order valence-corrected chi connectivity index (χ1v) is 17.8. The van der Waals surface area contributed by atoms with Crippen molar-refractivity contribution in [1.29, 1.82) is 0 Å². The predicted octanol–water partition coefficient (Wildman–Crippen LogP) is 3.70. The van der Waals surface area contributed by atoms with Crippen molar-refractivity contribution in [3.8, 4) is 0 Å². The number of rotatable bonds is 19. The van der Waals surface area contributed by atoms with Gasteiger partial charge in [0.05, 0.1) is 43.2 Å². The Kier molecular flexibility index (Phi) is 13.4. The van der Waals surface area contributed by atoms with Gasteiger partial charge in [-0.1, -0.05) is 78.2 Å². The molecule has 0 aromatic heterocycles. The van der Waals surface area contributed by atoms with Crippen LogP contribution in [0, 0.1) is 11.8 Å². The number of amides is 3. The fraction of sp³-hybridized carbons (Fsp3) is 0.611. The molecule has 1 aromatic carbocycles. The number of benzene rings is 1. The molecule has 3 fully saturated rings. The molecule has 264 valence electrons. The summed E-state index contributed by atoms with van der Waals surface area (Å²) in [7, 11) is 1.50. The van der Waals surface area contributed by atoms with Crippen LogP contribution in [-0.4, -0.2) is 107 Å². The lowest BCUT2D eigenvalue weighted by atomic mass is 9.70. The molecule has 3 heterocycles. The standard InChI is InChI=1S/C36H50BrN3O8/c1-6-9-14-19-39(18-8-3)34(44)32-36-20-25(37)31(48-36)28(29(36)33(43)40(32)23(4)21-41)35(45)47-30(24-15-12-11-13-16-24)26(22-46-5)38-27(42)17-10-7-2/h7-8,11-13,15-16,23,25-26,28-32,41H,2-3,6,9-10,14,17-22H2,1,4-5H3,(H,38,42)/t23-,25?,26-,28+,29-,30-,31+,32+,36-/m1/s1. The number of hydrogen-bond donors (Lipinski definition) is 2. The first-order valence-electron chi connectivity index (χ1n) is 16.9. The van der Waals surface area contributed by atoms with Crippen LogP contribution < -0.4 is 5.32 Å². The molecule has 2 N–H and O–H groups in total. The maximum absolute atomic E-state index is 14.4. The summed E-state index contributed by atoms with van der Waals surface area (Å²) < 4.78 is 18.4. The number of halogens is 1. The SMILES string of the molecule is C=CCCC(=O)N[C@H](COC)[C@H](OC(=O)[C@@H]1[C@H]2O[C@@]3(CC2Br)[C@H](C(=O)N(CC=C)CCCCC)N([C@H](C)CO)C(=O)[C@@H]13)c1ccccc1. The Morgan fingerprint density at radius 2 is 1.96 bits per heavy atom. The first-order chi connectivity index (χ1) is 23.1. The van der Waals surface area contributed by atoms with E-state index in [2.05, 4.69) is 41.3 Å². The fourth-order valence-electron chi connectivity index (χ4n) is 7.48. The van der Waals surface area contributed by atoms with Crippen LogP contribution >= 0.6 is 15.9 Å². The fourth-order valence-corrected chi connectivity index (χ4v) is 8.42. The van der Waals surface area contributed by atoms with E-state index < -0.39 is 59.6 Å². The van der Waals surface area contributed by atoms with Gasteiger partial charge in [-0.2, -0.15) is 0 Å². The number of hydrogen-bond acceptors (Lipinski definition) is 8. The maximum atomic E-state index is 14.4. The Morgan fingerprint density at radius 1 is 1.23 bits per heavy atom. The lowest BCUT2D eigenvalue weighted by Gasteiger charge is -2.38. The molecule has 3 amide bonds. The second kappa shape index (κ2) is 17.0. The highest BCUT2D eigenvalue weighted by Gasteiger charge is 2.77. The Hall–Kier alpha value is -3.06. The van der Waals surface area contributed by atoms with Gasteiger partial charge in [-0.25, -0.2) is 0 Å². The summed E-state index contributed by atoms with van der Waals surface area (Å²) in [4.78, 5) is 58.9. The lowest BCUT2D eigenvalue weighted by Crippen LogP contribution is -2.58. The molecule has 1 aromatic rings. The largest absolute Gasteiger partial charge is 0.455 e. The number of nitrogens with zero attached hydrogens (tertiary/aromatic N) is 2. The summed E-state index contributed by atoms with van der Waals surface area (Å²) >= 11 is 3.71. The zero-order valence-corrected chi connectivity index (χ0v) is 29.8. The number of fused-ring (bicyclic) bond motifs is 1. The number of nitrogens with one attached hydrogen (secondary N) is 1. The van der Waals surface area contributed by atoms with Crippen molar-refractivity contribution < 1.29 is 38.5 Å². The number of carbonyl (C=O) groups is 4. The number of ether oxygens (including phenoxy) is 3.